The van der Waals surface area contributed by atoms with E-state index in [4.69, 9.17) is 11.6 Å². The second-order valence-electron chi connectivity index (χ2n) is 5.02. The molecule has 0 aliphatic rings. The van der Waals surface area contributed by atoms with Crippen LogP contribution in [0.2, 0.25) is 5.15 Å². The Labute approximate surface area is 149 Å². The van der Waals surface area contributed by atoms with Crippen molar-refractivity contribution in [2.45, 2.75) is 11.1 Å². The lowest BCUT2D eigenvalue weighted by Crippen LogP contribution is -2.30. The van der Waals surface area contributed by atoms with E-state index in [-0.39, 0.29) is 10.5 Å². The molecule has 0 aliphatic carbocycles. The van der Waals surface area contributed by atoms with Crippen molar-refractivity contribution in [1.82, 2.24) is 19.1 Å². The van der Waals surface area contributed by atoms with Gasteiger partial charge in [-0.25, -0.2) is 23.1 Å². The van der Waals surface area contributed by atoms with E-state index in [2.05, 4.69) is 9.97 Å². The number of imidazole rings is 1. The summed E-state index contributed by atoms with van der Waals surface area (Å²) in [7, 11) is -4.16. The predicted octanol–water partition coefficient (Wildman–Crippen LogP) is 2.52. The molecular weight excluding hydrogens is 397 g/mol. The Hall–Kier alpha value is -2.66. The zero-order valence-electron chi connectivity index (χ0n) is 12.5. The zero-order valence-corrected chi connectivity index (χ0v) is 14.1. The van der Waals surface area contributed by atoms with Crippen LogP contribution >= 0.6 is 11.6 Å². The van der Waals surface area contributed by atoms with Gasteiger partial charge in [0.1, 0.15) is 5.69 Å². The van der Waals surface area contributed by atoms with Crippen LogP contribution in [0.3, 0.4) is 0 Å². The van der Waals surface area contributed by atoms with Gasteiger partial charge in [-0.15, -0.1) is 0 Å². The number of hydrogen-bond acceptors (Lipinski definition) is 5. The SMILES string of the molecule is O=C(NS(=O)(=O)c1ccccc1)c1cn2cc(C(F)(F)F)nc(Cl)c2n1. The lowest BCUT2D eigenvalue weighted by atomic mass is 10.4. The van der Waals surface area contributed by atoms with Crippen LogP contribution in [0.1, 0.15) is 16.2 Å². The maximum Gasteiger partial charge on any atom is 0.434 e. The Kier molecular flexibility index (Phi) is 4.36. The number of nitrogens with one attached hydrogen (secondary N) is 1. The number of fused-ring (bicyclic) bond motifs is 1. The maximum absolute atomic E-state index is 12.8. The van der Waals surface area contributed by atoms with Crippen LogP contribution in [-0.2, 0) is 16.2 Å². The predicted molar refractivity (Wildman–Crippen MR) is 84.1 cm³/mol. The van der Waals surface area contributed by atoms with Crippen LogP contribution in [-0.4, -0.2) is 28.7 Å². The third-order valence-electron chi connectivity index (χ3n) is 3.20. The number of amides is 1. The molecule has 1 amide bonds. The first-order chi connectivity index (χ1) is 12.1. The topological polar surface area (TPSA) is 93.4 Å². The summed E-state index contributed by atoms with van der Waals surface area (Å²) >= 11 is 5.67. The van der Waals surface area contributed by atoms with E-state index in [0.29, 0.717) is 6.20 Å². The van der Waals surface area contributed by atoms with Gasteiger partial charge in [0.25, 0.3) is 15.9 Å². The highest BCUT2D eigenvalue weighted by atomic mass is 35.5. The average molecular weight is 405 g/mol. The zero-order chi connectivity index (χ0) is 19.1. The van der Waals surface area contributed by atoms with Gasteiger partial charge in [0.2, 0.25) is 0 Å². The molecule has 26 heavy (non-hydrogen) atoms. The molecule has 136 valence electrons. The number of carbonyl (C=O) groups excluding carboxylic acids is 1. The number of sulfonamides is 1. The molecule has 2 heterocycles. The van der Waals surface area contributed by atoms with Crippen molar-refractivity contribution < 1.29 is 26.4 Å². The van der Waals surface area contributed by atoms with E-state index in [1.807, 2.05) is 0 Å². The summed E-state index contributed by atoms with van der Waals surface area (Å²) in [6, 6.07) is 7.07. The van der Waals surface area contributed by atoms with Crippen molar-refractivity contribution in [2.75, 3.05) is 0 Å². The second kappa shape index (κ2) is 6.25. The van der Waals surface area contributed by atoms with Gasteiger partial charge in [-0.05, 0) is 12.1 Å². The molecule has 0 saturated heterocycles. The molecule has 12 heteroatoms. The number of aromatic nitrogens is 3. The third-order valence-corrected chi connectivity index (χ3v) is 4.80. The monoisotopic (exact) mass is 404 g/mol. The molecule has 0 atom stereocenters. The fraction of sp³-hybridized carbons (Fsp3) is 0.0714. The fourth-order valence-corrected chi connectivity index (χ4v) is 3.25. The van der Waals surface area contributed by atoms with E-state index in [0.717, 1.165) is 10.6 Å². The summed E-state index contributed by atoms with van der Waals surface area (Å²) in [5.41, 5.74) is -1.94. The van der Waals surface area contributed by atoms with Crippen LogP contribution in [0.5, 0.6) is 0 Å². The molecule has 0 aliphatic heterocycles. The molecule has 0 radical (unpaired) electrons. The standard InChI is InChI=1S/C14H8ClF3N4O3S/c15-11-12-19-9(6-22(12)7-10(20-11)14(16,17)18)13(23)21-26(24,25)8-4-2-1-3-5-8/h1-7H,(H,21,23). The number of benzene rings is 1. The molecule has 0 saturated carbocycles. The van der Waals surface area contributed by atoms with Gasteiger partial charge in [0.15, 0.2) is 16.5 Å². The Balaban J connectivity index is 1.96. The molecule has 3 rings (SSSR count). The van der Waals surface area contributed by atoms with Gasteiger partial charge < -0.3 is 4.40 Å². The molecule has 0 unspecified atom stereocenters. The lowest BCUT2D eigenvalue weighted by Gasteiger charge is -2.06. The molecule has 7 nitrogen and oxygen atoms in total. The van der Waals surface area contributed by atoms with Crippen LogP contribution in [0.25, 0.3) is 5.65 Å². The van der Waals surface area contributed by atoms with E-state index < -0.39 is 38.6 Å². The third kappa shape index (κ3) is 3.48. The van der Waals surface area contributed by atoms with Crippen molar-refractivity contribution in [3.05, 3.63) is 59.3 Å². The molecular formula is C14H8ClF3N4O3S. The first kappa shape index (κ1) is 18.1. The van der Waals surface area contributed by atoms with Gasteiger partial charge in [-0.1, -0.05) is 29.8 Å². The van der Waals surface area contributed by atoms with Gasteiger partial charge in [-0.2, -0.15) is 13.2 Å². The van der Waals surface area contributed by atoms with Crippen molar-refractivity contribution >= 4 is 33.2 Å². The Morgan fingerprint density at radius 2 is 1.77 bits per heavy atom. The highest BCUT2D eigenvalue weighted by Crippen LogP contribution is 2.29. The van der Waals surface area contributed by atoms with E-state index in [1.54, 1.807) is 10.8 Å². The molecule has 0 bridgehead atoms. The summed E-state index contributed by atoms with van der Waals surface area (Å²) in [6.45, 7) is 0. The summed E-state index contributed by atoms with van der Waals surface area (Å²) < 4.78 is 65.2. The number of rotatable bonds is 3. The number of halogens is 4. The first-order valence-electron chi connectivity index (χ1n) is 6.82. The minimum Gasteiger partial charge on any atom is -0.302 e. The second-order valence-corrected chi connectivity index (χ2v) is 7.06. The number of alkyl halides is 3. The largest absolute Gasteiger partial charge is 0.434 e. The minimum absolute atomic E-state index is 0.156. The van der Waals surface area contributed by atoms with E-state index in [1.165, 1.54) is 24.3 Å². The Bertz CT molecular complexity index is 1100. The van der Waals surface area contributed by atoms with Crippen molar-refractivity contribution in [3.8, 4) is 0 Å². The molecule has 2 aromatic heterocycles. The maximum atomic E-state index is 12.8. The highest BCUT2D eigenvalue weighted by Gasteiger charge is 2.34. The molecule has 1 aromatic carbocycles. The normalized spacial score (nSPS) is 12.3. The summed E-state index contributed by atoms with van der Waals surface area (Å²) in [6.07, 6.45) is -3.23. The van der Waals surface area contributed by atoms with Gasteiger partial charge >= 0.3 is 6.18 Å². The van der Waals surface area contributed by atoms with Gasteiger partial charge in [-0.3, -0.25) is 4.79 Å². The van der Waals surface area contributed by atoms with Crippen molar-refractivity contribution in [2.24, 2.45) is 0 Å². The quantitative estimate of drug-likeness (QED) is 0.724. The lowest BCUT2D eigenvalue weighted by molar-refractivity contribution is -0.141. The van der Waals surface area contributed by atoms with Crippen LogP contribution < -0.4 is 4.72 Å². The minimum atomic E-state index is -4.75. The molecule has 1 N–H and O–H groups in total. The smallest absolute Gasteiger partial charge is 0.302 e. The number of hydrogen-bond donors (Lipinski definition) is 1. The summed E-state index contributed by atoms with van der Waals surface area (Å²) in [5, 5.41) is -0.579. The molecule has 0 spiro atoms. The summed E-state index contributed by atoms with van der Waals surface area (Å²) in [4.78, 5) is 18.9. The van der Waals surface area contributed by atoms with Crippen LogP contribution in [0.4, 0.5) is 13.2 Å². The average Bonchev–Trinajstić information content (AvgIpc) is 2.99. The molecule has 3 aromatic rings. The highest BCUT2D eigenvalue weighted by molar-refractivity contribution is 7.90. The number of nitrogens with zero attached hydrogens (tertiary/aromatic N) is 3. The van der Waals surface area contributed by atoms with E-state index in [9.17, 15) is 26.4 Å². The summed E-state index contributed by atoms with van der Waals surface area (Å²) in [5.74, 6) is -1.12. The van der Waals surface area contributed by atoms with Crippen molar-refractivity contribution in [1.29, 1.82) is 0 Å². The van der Waals surface area contributed by atoms with E-state index >= 15 is 0 Å². The molecule has 0 fully saturated rings. The van der Waals surface area contributed by atoms with Crippen molar-refractivity contribution in [3.63, 3.8) is 0 Å². The van der Waals surface area contributed by atoms with Gasteiger partial charge in [0, 0.05) is 12.4 Å². The number of carbonyl (C=O) groups is 1. The van der Waals surface area contributed by atoms with Crippen LogP contribution in [0.15, 0.2) is 47.6 Å². The first-order valence-corrected chi connectivity index (χ1v) is 8.69. The Morgan fingerprint density at radius 1 is 1.12 bits per heavy atom. The van der Waals surface area contributed by atoms with Crippen LogP contribution in [0, 0.1) is 0 Å². The Morgan fingerprint density at radius 3 is 2.38 bits per heavy atom. The van der Waals surface area contributed by atoms with Gasteiger partial charge in [0.05, 0.1) is 4.90 Å². The fourth-order valence-electron chi connectivity index (χ4n) is 2.04.